The number of aromatic nitrogens is 1. The largest absolute Gasteiger partial charge is 0.495 e. The second-order valence-electron chi connectivity index (χ2n) is 7.83. The number of hydrogen-bond donors (Lipinski definition) is 2. The van der Waals surface area contributed by atoms with E-state index in [2.05, 4.69) is 39.5 Å². The molecule has 2 atom stereocenters. The van der Waals surface area contributed by atoms with Crippen LogP contribution in [0.4, 0.5) is 10.5 Å². The summed E-state index contributed by atoms with van der Waals surface area (Å²) in [6, 6.07) is 10.8. The molecule has 7 nitrogen and oxygen atoms in total. The zero-order valence-electron chi connectivity index (χ0n) is 17.8. The number of amides is 2. The van der Waals surface area contributed by atoms with Gasteiger partial charge in [-0.25, -0.2) is 4.79 Å². The number of benzene rings is 1. The number of anilines is 1. The molecular weight excluding hydrogens is 402 g/mol. The van der Waals surface area contributed by atoms with Crippen LogP contribution in [0.1, 0.15) is 18.0 Å². The lowest BCUT2D eigenvalue weighted by atomic mass is 9.88. The summed E-state index contributed by atoms with van der Waals surface area (Å²) in [4.78, 5) is 21.9. The second kappa shape index (κ2) is 10.6. The van der Waals surface area contributed by atoms with E-state index in [0.29, 0.717) is 10.7 Å². The summed E-state index contributed by atoms with van der Waals surface area (Å²) in [6.07, 6.45) is 2.60. The molecule has 1 fully saturated rings. The number of nitrogens with zero attached hydrogens (tertiary/aromatic N) is 3. The highest BCUT2D eigenvalue weighted by Gasteiger charge is 2.32. The van der Waals surface area contributed by atoms with Crippen molar-refractivity contribution in [1.29, 1.82) is 0 Å². The number of likely N-dealkylation sites (tertiary alicyclic amines) is 1. The highest BCUT2D eigenvalue weighted by atomic mass is 35.5. The molecule has 1 aliphatic rings. The molecule has 2 amide bonds. The summed E-state index contributed by atoms with van der Waals surface area (Å²) in [5.41, 5.74) is 1.67. The Bertz CT molecular complexity index is 813. The van der Waals surface area contributed by atoms with Crippen LogP contribution in [0.15, 0.2) is 42.6 Å². The highest BCUT2D eigenvalue weighted by Crippen LogP contribution is 2.27. The number of hydrogen-bond acceptors (Lipinski definition) is 5. The molecule has 162 valence electrons. The minimum Gasteiger partial charge on any atom is -0.495 e. The third-order valence-electron chi connectivity index (χ3n) is 5.35. The Morgan fingerprint density at radius 2 is 2.03 bits per heavy atom. The molecule has 3 rings (SSSR count). The predicted octanol–water partition coefficient (Wildman–Crippen LogP) is 3.28. The smallest absolute Gasteiger partial charge is 0.319 e. The molecule has 0 saturated carbocycles. The van der Waals surface area contributed by atoms with Crippen LogP contribution in [-0.2, 0) is 0 Å². The van der Waals surface area contributed by atoms with Crippen molar-refractivity contribution in [2.24, 2.45) is 0 Å². The Hall–Kier alpha value is -2.35. The Labute approximate surface area is 183 Å². The van der Waals surface area contributed by atoms with E-state index < -0.39 is 0 Å². The Morgan fingerprint density at radius 1 is 1.27 bits per heavy atom. The number of urea groups is 1. The minimum atomic E-state index is -0.220. The fraction of sp³-hybridized carbons (Fsp3) is 0.455. The molecule has 1 saturated heterocycles. The first-order valence-electron chi connectivity index (χ1n) is 10.1. The van der Waals surface area contributed by atoms with Crippen molar-refractivity contribution in [3.63, 3.8) is 0 Å². The van der Waals surface area contributed by atoms with Crippen molar-refractivity contribution in [3.8, 4) is 5.75 Å². The number of halogens is 1. The fourth-order valence-electron chi connectivity index (χ4n) is 3.64. The first-order valence-corrected chi connectivity index (χ1v) is 10.5. The summed E-state index contributed by atoms with van der Waals surface area (Å²) in [6.45, 7) is 3.77. The van der Waals surface area contributed by atoms with Crippen LogP contribution in [0.2, 0.25) is 5.02 Å². The van der Waals surface area contributed by atoms with Gasteiger partial charge in [-0.15, -0.1) is 0 Å². The summed E-state index contributed by atoms with van der Waals surface area (Å²) in [5.74, 6) is 0.826. The lowest BCUT2D eigenvalue weighted by Crippen LogP contribution is -2.51. The SMILES string of the molecule is COc1ccc(C2CN(CCN(C)C)CCC2NC(=O)Nc2ccc(Cl)cc2)nc1. The lowest BCUT2D eigenvalue weighted by molar-refractivity contribution is 0.162. The Kier molecular flexibility index (Phi) is 7.90. The van der Waals surface area contributed by atoms with Gasteiger partial charge in [0.25, 0.3) is 0 Å². The number of carbonyl (C=O) groups is 1. The van der Waals surface area contributed by atoms with Crippen LogP contribution in [0, 0.1) is 0 Å². The highest BCUT2D eigenvalue weighted by molar-refractivity contribution is 6.30. The van der Waals surface area contributed by atoms with E-state index in [1.807, 2.05) is 12.1 Å². The molecular formula is C22H30ClN5O2. The van der Waals surface area contributed by atoms with E-state index in [4.69, 9.17) is 16.3 Å². The average Bonchev–Trinajstić information content (AvgIpc) is 2.74. The Balaban J connectivity index is 1.69. The van der Waals surface area contributed by atoms with Gasteiger partial charge in [0.05, 0.1) is 13.3 Å². The zero-order chi connectivity index (χ0) is 21.5. The average molecular weight is 432 g/mol. The molecule has 0 aliphatic carbocycles. The first kappa shape index (κ1) is 22.3. The van der Waals surface area contributed by atoms with Gasteiger partial charge in [0.15, 0.2) is 0 Å². The van der Waals surface area contributed by atoms with Crippen molar-refractivity contribution in [2.45, 2.75) is 18.4 Å². The number of likely N-dealkylation sites (N-methyl/N-ethyl adjacent to an activating group) is 1. The van der Waals surface area contributed by atoms with Gasteiger partial charge in [-0.1, -0.05) is 11.6 Å². The summed E-state index contributed by atoms with van der Waals surface area (Å²) in [5, 5.41) is 6.68. The second-order valence-corrected chi connectivity index (χ2v) is 8.27. The van der Waals surface area contributed by atoms with Crippen LogP contribution >= 0.6 is 11.6 Å². The van der Waals surface area contributed by atoms with Gasteiger partial charge in [0, 0.05) is 54.5 Å². The monoisotopic (exact) mass is 431 g/mol. The normalized spacial score (nSPS) is 19.5. The molecule has 0 radical (unpaired) electrons. The van der Waals surface area contributed by atoms with Gasteiger partial charge in [-0.2, -0.15) is 0 Å². The molecule has 0 spiro atoms. The van der Waals surface area contributed by atoms with E-state index in [-0.39, 0.29) is 18.0 Å². The number of pyridine rings is 1. The molecule has 1 aromatic heterocycles. The van der Waals surface area contributed by atoms with E-state index >= 15 is 0 Å². The van der Waals surface area contributed by atoms with E-state index in [1.54, 1.807) is 37.6 Å². The van der Waals surface area contributed by atoms with Gasteiger partial charge in [0.1, 0.15) is 5.75 Å². The van der Waals surface area contributed by atoms with Gasteiger partial charge >= 0.3 is 6.03 Å². The molecule has 2 unspecified atom stereocenters. The lowest BCUT2D eigenvalue weighted by Gasteiger charge is -2.39. The maximum atomic E-state index is 12.6. The third-order valence-corrected chi connectivity index (χ3v) is 5.61. The number of carbonyl (C=O) groups excluding carboxylic acids is 1. The molecule has 2 heterocycles. The molecule has 2 N–H and O–H groups in total. The topological polar surface area (TPSA) is 69.7 Å². The maximum Gasteiger partial charge on any atom is 0.319 e. The van der Waals surface area contributed by atoms with Crippen molar-refractivity contribution in [2.75, 3.05) is 52.7 Å². The molecule has 8 heteroatoms. The standard InChI is InChI=1S/C22H30ClN5O2/c1-27(2)12-13-28-11-10-21(19(15-28)20-9-8-18(30-3)14-24-20)26-22(29)25-17-6-4-16(23)5-7-17/h4-9,14,19,21H,10-13,15H2,1-3H3,(H2,25,26,29). The van der Waals surface area contributed by atoms with Crippen molar-refractivity contribution >= 4 is 23.3 Å². The molecule has 2 aromatic rings. The summed E-state index contributed by atoms with van der Waals surface area (Å²) in [7, 11) is 5.79. The van der Waals surface area contributed by atoms with Crippen molar-refractivity contribution < 1.29 is 9.53 Å². The third kappa shape index (κ3) is 6.32. The van der Waals surface area contributed by atoms with Crippen LogP contribution < -0.4 is 15.4 Å². The number of nitrogens with one attached hydrogen (secondary N) is 2. The number of methoxy groups -OCH3 is 1. The van der Waals surface area contributed by atoms with Gasteiger partial charge in [-0.3, -0.25) is 4.98 Å². The molecule has 1 aliphatic heterocycles. The number of ether oxygens (including phenoxy) is 1. The van der Waals surface area contributed by atoms with Gasteiger partial charge in [0.2, 0.25) is 0 Å². The van der Waals surface area contributed by atoms with Gasteiger partial charge in [-0.05, 0) is 56.9 Å². The first-order chi connectivity index (χ1) is 14.4. The molecule has 1 aromatic carbocycles. The molecule has 30 heavy (non-hydrogen) atoms. The van der Waals surface area contributed by atoms with Crippen molar-refractivity contribution in [3.05, 3.63) is 53.3 Å². The van der Waals surface area contributed by atoms with E-state index in [0.717, 1.165) is 44.0 Å². The van der Waals surface area contributed by atoms with Crippen LogP contribution in [0.25, 0.3) is 0 Å². The van der Waals surface area contributed by atoms with E-state index in [1.165, 1.54) is 0 Å². The van der Waals surface area contributed by atoms with Crippen molar-refractivity contribution in [1.82, 2.24) is 20.1 Å². The number of rotatable bonds is 7. The van der Waals surface area contributed by atoms with Crippen LogP contribution in [0.5, 0.6) is 5.75 Å². The minimum absolute atomic E-state index is 0.00574. The maximum absolute atomic E-state index is 12.6. The van der Waals surface area contributed by atoms with Crippen LogP contribution in [0.3, 0.4) is 0 Å². The predicted molar refractivity (Wildman–Crippen MR) is 121 cm³/mol. The Morgan fingerprint density at radius 3 is 2.67 bits per heavy atom. The molecule has 0 bridgehead atoms. The quantitative estimate of drug-likeness (QED) is 0.704. The fourth-order valence-corrected chi connectivity index (χ4v) is 3.76. The zero-order valence-corrected chi connectivity index (χ0v) is 18.5. The summed E-state index contributed by atoms with van der Waals surface area (Å²) < 4.78 is 5.24. The summed E-state index contributed by atoms with van der Waals surface area (Å²) >= 11 is 5.92. The van der Waals surface area contributed by atoms with Gasteiger partial charge < -0.3 is 25.2 Å². The van der Waals surface area contributed by atoms with E-state index in [9.17, 15) is 4.79 Å². The van der Waals surface area contributed by atoms with Crippen LogP contribution in [-0.4, -0.2) is 74.2 Å². The number of piperidine rings is 1.